The molecule has 4 aliphatic carbocycles. The van der Waals surface area contributed by atoms with E-state index < -0.39 is 76.8 Å². The number of rotatable bonds is 12. The Bertz CT molecular complexity index is 2130. The van der Waals surface area contributed by atoms with Crippen molar-refractivity contribution in [3.8, 4) is 0 Å². The van der Waals surface area contributed by atoms with Crippen molar-refractivity contribution in [3.05, 3.63) is 90.0 Å². The Morgan fingerprint density at radius 2 is 1.71 bits per heavy atom. The summed E-state index contributed by atoms with van der Waals surface area (Å²) >= 11 is 1.47. The van der Waals surface area contributed by atoms with Crippen molar-refractivity contribution in [2.24, 2.45) is 22.7 Å². The highest BCUT2D eigenvalue weighted by atomic mass is 32.2. The lowest BCUT2D eigenvalue weighted by Crippen LogP contribution is -2.70. The molecule has 2 aromatic carbocycles. The van der Waals surface area contributed by atoms with Crippen LogP contribution >= 0.6 is 11.8 Å². The van der Waals surface area contributed by atoms with Crippen LogP contribution < -0.4 is 5.32 Å². The SMILES string of the molecule is C[C@]12C[C@H](O)[C@@]3(F)[C@@H](C[C@H](F)C4=CC(=O)C=C[C@@]43C)[C@@H]1C[C@H]1O[C@@H](c3ccc(Sc4cccc(NC(=O)CCCCCN5C(=O)C=CC5=O)c4)cc3)OC12C(=O)CO. The summed E-state index contributed by atoms with van der Waals surface area (Å²) in [5.41, 5.74) is -5.59. The Morgan fingerprint density at radius 3 is 2.43 bits per heavy atom. The average molecular weight is 817 g/mol. The molecule has 0 aromatic heterocycles. The number of alkyl halides is 2. The van der Waals surface area contributed by atoms with E-state index in [0.29, 0.717) is 43.5 Å². The van der Waals surface area contributed by atoms with Gasteiger partial charge in [-0.3, -0.25) is 28.9 Å². The molecule has 2 aliphatic heterocycles. The number of imide groups is 1. The normalized spacial score (nSPS) is 36.0. The average Bonchev–Trinajstić information content (AvgIpc) is 3.82. The van der Waals surface area contributed by atoms with E-state index in [4.69, 9.17) is 9.47 Å². The van der Waals surface area contributed by atoms with E-state index >= 15 is 8.78 Å². The Labute approximate surface area is 338 Å². The largest absolute Gasteiger partial charge is 0.390 e. The van der Waals surface area contributed by atoms with E-state index in [-0.39, 0.29) is 42.6 Å². The number of hydrogen-bond acceptors (Lipinski definition) is 10. The number of ketones is 2. The number of anilines is 1. The van der Waals surface area contributed by atoms with Crippen LogP contribution in [0.1, 0.15) is 70.6 Å². The fourth-order valence-electron chi connectivity index (χ4n) is 10.8. The molecule has 8 rings (SSSR count). The molecule has 1 saturated heterocycles. The van der Waals surface area contributed by atoms with Crippen LogP contribution in [0, 0.1) is 22.7 Å². The Morgan fingerprint density at radius 1 is 0.966 bits per heavy atom. The first-order chi connectivity index (χ1) is 27.6. The number of hydrogen-bond donors (Lipinski definition) is 3. The molecule has 11 nitrogen and oxygen atoms in total. The monoisotopic (exact) mass is 816 g/mol. The van der Waals surface area contributed by atoms with E-state index in [9.17, 15) is 34.2 Å². The van der Waals surface area contributed by atoms with Crippen molar-refractivity contribution in [3.63, 3.8) is 0 Å². The highest BCUT2D eigenvalue weighted by Crippen LogP contribution is 2.72. The number of amides is 3. The van der Waals surface area contributed by atoms with Crippen molar-refractivity contribution in [2.75, 3.05) is 18.5 Å². The number of benzene rings is 2. The number of aliphatic hydroxyl groups excluding tert-OH is 2. The van der Waals surface area contributed by atoms with Gasteiger partial charge in [-0.2, -0.15) is 0 Å². The predicted molar refractivity (Wildman–Crippen MR) is 208 cm³/mol. The topological polar surface area (TPSA) is 160 Å². The van der Waals surface area contributed by atoms with E-state index in [2.05, 4.69) is 5.32 Å². The number of allylic oxidation sites excluding steroid dienone is 4. The fourth-order valence-corrected chi connectivity index (χ4v) is 11.7. The Balaban J connectivity index is 0.918. The first-order valence-electron chi connectivity index (χ1n) is 19.8. The third-order valence-corrected chi connectivity index (χ3v) is 14.6. The number of ether oxygens (including phenoxy) is 2. The molecule has 10 atom stereocenters. The van der Waals surface area contributed by atoms with Gasteiger partial charge in [-0.15, -0.1) is 0 Å². The van der Waals surface area contributed by atoms with Crippen molar-refractivity contribution in [1.82, 2.24) is 4.90 Å². The van der Waals surface area contributed by atoms with Gasteiger partial charge in [-0.05, 0) is 93.0 Å². The zero-order valence-corrected chi connectivity index (χ0v) is 33.0. The number of carbonyl (C=O) groups is 5. The molecule has 58 heavy (non-hydrogen) atoms. The van der Waals surface area contributed by atoms with Gasteiger partial charge in [0.15, 0.2) is 29.1 Å². The number of nitrogens with zero attached hydrogens (tertiary/aromatic N) is 1. The van der Waals surface area contributed by atoms with E-state index in [0.717, 1.165) is 15.9 Å². The van der Waals surface area contributed by atoms with Crippen molar-refractivity contribution < 1.29 is 52.4 Å². The maximum absolute atomic E-state index is 17.7. The van der Waals surface area contributed by atoms with Crippen LogP contribution in [-0.2, 0) is 33.4 Å². The number of halogens is 2. The third kappa shape index (κ3) is 6.34. The molecular formula is C44H46F2N2O9S. The zero-order chi connectivity index (χ0) is 41.2. The second-order valence-electron chi connectivity index (χ2n) is 16.7. The molecular weight excluding hydrogens is 771 g/mol. The number of aliphatic hydroxyl groups is 2. The summed E-state index contributed by atoms with van der Waals surface area (Å²) in [7, 11) is 0. The molecule has 0 spiro atoms. The summed E-state index contributed by atoms with van der Waals surface area (Å²) in [6.45, 7) is 2.74. The van der Waals surface area contributed by atoms with Gasteiger partial charge >= 0.3 is 0 Å². The van der Waals surface area contributed by atoms with Gasteiger partial charge < -0.3 is 25.0 Å². The molecule has 3 amide bonds. The van der Waals surface area contributed by atoms with Crippen LogP contribution in [0.5, 0.6) is 0 Å². The van der Waals surface area contributed by atoms with Crippen LogP contribution in [0.3, 0.4) is 0 Å². The molecule has 3 saturated carbocycles. The maximum Gasteiger partial charge on any atom is 0.253 e. The van der Waals surface area contributed by atoms with Crippen molar-refractivity contribution in [1.29, 1.82) is 0 Å². The smallest absolute Gasteiger partial charge is 0.253 e. The minimum absolute atomic E-state index is 0.0146. The zero-order valence-electron chi connectivity index (χ0n) is 32.2. The van der Waals surface area contributed by atoms with Crippen LogP contribution in [-0.4, -0.2) is 87.2 Å². The molecule has 4 fully saturated rings. The van der Waals surface area contributed by atoms with Crippen LogP contribution in [0.2, 0.25) is 0 Å². The molecule has 2 aromatic rings. The molecule has 1 unspecified atom stereocenters. The number of nitrogens with one attached hydrogen (secondary N) is 1. The molecule has 306 valence electrons. The van der Waals surface area contributed by atoms with Crippen molar-refractivity contribution in [2.45, 2.75) is 105 Å². The highest BCUT2D eigenvalue weighted by Gasteiger charge is 2.80. The van der Waals surface area contributed by atoms with Crippen molar-refractivity contribution >= 4 is 46.7 Å². The summed E-state index contributed by atoms with van der Waals surface area (Å²) in [6, 6.07) is 14.8. The molecule has 2 heterocycles. The lowest BCUT2D eigenvalue weighted by molar-refractivity contribution is -0.235. The number of unbranched alkanes of at least 4 members (excludes halogenated alkanes) is 2. The Kier molecular flexibility index (Phi) is 10.5. The lowest BCUT2D eigenvalue weighted by Gasteiger charge is -2.63. The second kappa shape index (κ2) is 15.0. The standard InChI is InChI=1S/C44H46F2N2O9S/c1-41-17-16-27(50)20-32(41)33(45)21-31-30-22-36-44(35(52)24-49,42(30,2)23-34(51)43(31,41)46)57-40(56-36)25-10-12-28(13-11-25)58-29-8-6-7-26(19-29)47-37(53)9-4-3-5-18-48-38(54)14-15-39(48)55/h6-8,10-17,19-20,30-31,33-34,36,40,49,51H,3-5,9,18,21-24H2,1-2H3,(H,47,53)/t30-,31-,33-,34-,36+,40+,41-,42-,43-,44?/m0/s1. The summed E-state index contributed by atoms with van der Waals surface area (Å²) in [6.07, 6.45) is 2.95. The highest BCUT2D eigenvalue weighted by molar-refractivity contribution is 7.99. The van der Waals surface area contributed by atoms with Gasteiger partial charge in [0.25, 0.3) is 11.8 Å². The van der Waals surface area contributed by atoms with Gasteiger partial charge in [0.1, 0.15) is 12.8 Å². The quantitative estimate of drug-likeness (QED) is 0.174. The van der Waals surface area contributed by atoms with Crippen LogP contribution in [0.25, 0.3) is 0 Å². The minimum Gasteiger partial charge on any atom is -0.390 e. The summed E-state index contributed by atoms with van der Waals surface area (Å²) < 4.78 is 46.7. The van der Waals surface area contributed by atoms with Gasteiger partial charge in [0.05, 0.1) is 12.2 Å². The molecule has 0 bridgehead atoms. The second-order valence-corrected chi connectivity index (χ2v) is 17.9. The molecule has 14 heteroatoms. The number of fused-ring (bicyclic) bond motifs is 7. The van der Waals surface area contributed by atoms with Gasteiger partial charge in [0.2, 0.25) is 5.91 Å². The van der Waals surface area contributed by atoms with E-state index in [1.54, 1.807) is 13.0 Å². The van der Waals surface area contributed by atoms with E-state index in [1.807, 2.05) is 42.5 Å². The lowest BCUT2D eigenvalue weighted by atomic mass is 9.44. The molecule has 3 N–H and O–H groups in total. The molecule has 0 radical (unpaired) electrons. The van der Waals surface area contributed by atoms with Gasteiger partial charge in [-0.25, -0.2) is 8.78 Å². The predicted octanol–water partition coefficient (Wildman–Crippen LogP) is 5.90. The van der Waals surface area contributed by atoms with Gasteiger partial charge in [0, 0.05) is 62.9 Å². The van der Waals surface area contributed by atoms with E-state index in [1.165, 1.54) is 47.9 Å². The first kappa shape index (κ1) is 40.4. The summed E-state index contributed by atoms with van der Waals surface area (Å²) in [5, 5.41) is 25.0. The van der Waals surface area contributed by atoms with Crippen LogP contribution in [0.15, 0.2) is 94.3 Å². The maximum atomic E-state index is 17.7. The first-order valence-corrected chi connectivity index (χ1v) is 20.6. The third-order valence-electron chi connectivity index (χ3n) is 13.6. The summed E-state index contributed by atoms with van der Waals surface area (Å²) in [4.78, 5) is 65.0. The van der Waals surface area contributed by atoms with Gasteiger partial charge in [-0.1, -0.05) is 49.4 Å². The summed E-state index contributed by atoms with van der Waals surface area (Å²) in [5.74, 6) is -3.51. The Hall–Kier alpha value is -4.34. The number of carbonyl (C=O) groups excluding carboxylic acids is 5. The number of Topliss-reactive ketones (excluding diaryl/α,β-unsaturated/α-hetero) is 1. The fraction of sp³-hybridized carbons (Fsp3) is 0.477. The van der Waals surface area contributed by atoms with Crippen LogP contribution in [0.4, 0.5) is 14.5 Å². The molecule has 6 aliphatic rings. The minimum atomic E-state index is -2.33.